The van der Waals surface area contributed by atoms with Gasteiger partial charge in [-0.1, -0.05) is 26.3 Å². The molecule has 33 heavy (non-hydrogen) atoms. The standard InChI is InChI=1S/C25H33F2NO5/c1-4-5-21-32-20-10-14-15-9-17(26)16-8-13(29)6-7-22(16,2)24(15,27)18(30)11-23(14,3)25(20,33-21)19(31)12-28/h6-8,14-15,17-18,20-21,30H,4-5,9-12,28H2,1-3H3/t14-,15-,17-,18-,20+,21?,22-,23-,24-,25+/m0/s1. The molecule has 0 aromatic carbocycles. The van der Waals surface area contributed by atoms with Crippen molar-refractivity contribution in [3.05, 3.63) is 23.8 Å². The second-order valence-corrected chi connectivity index (χ2v) is 10.9. The fourth-order valence-corrected chi connectivity index (χ4v) is 8.04. The van der Waals surface area contributed by atoms with E-state index in [1.807, 2.05) is 13.8 Å². The van der Waals surface area contributed by atoms with E-state index in [1.54, 1.807) is 6.92 Å². The summed E-state index contributed by atoms with van der Waals surface area (Å²) in [6.07, 6.45) is 1.15. The topological polar surface area (TPSA) is 98.9 Å². The van der Waals surface area contributed by atoms with Gasteiger partial charge in [-0.25, -0.2) is 8.78 Å². The van der Waals surface area contributed by atoms with E-state index in [4.69, 9.17) is 15.2 Å². The summed E-state index contributed by atoms with van der Waals surface area (Å²) >= 11 is 0. The number of nitrogens with two attached hydrogens (primary N) is 1. The van der Waals surface area contributed by atoms with E-state index in [9.17, 15) is 14.7 Å². The number of alkyl halides is 2. The zero-order chi connectivity index (χ0) is 24.0. The maximum atomic E-state index is 17.2. The molecule has 1 aliphatic heterocycles. The number of fused-ring (bicyclic) bond motifs is 7. The summed E-state index contributed by atoms with van der Waals surface area (Å²) in [6.45, 7) is 5.13. The van der Waals surface area contributed by atoms with Crippen molar-refractivity contribution in [3.8, 4) is 0 Å². The lowest BCUT2D eigenvalue weighted by molar-refractivity contribution is -0.233. The smallest absolute Gasteiger partial charge is 0.181 e. The zero-order valence-corrected chi connectivity index (χ0v) is 19.4. The molecule has 8 heteroatoms. The van der Waals surface area contributed by atoms with Gasteiger partial charge in [-0.2, -0.15) is 0 Å². The number of ether oxygens (including phenoxy) is 2. The molecular weight excluding hydrogens is 432 g/mol. The van der Waals surface area contributed by atoms with E-state index in [0.717, 1.165) is 6.42 Å². The van der Waals surface area contributed by atoms with Crippen LogP contribution >= 0.6 is 0 Å². The summed E-state index contributed by atoms with van der Waals surface area (Å²) in [5.74, 6) is -2.05. The molecule has 5 aliphatic rings. The number of ketones is 2. The Bertz CT molecular complexity index is 953. The van der Waals surface area contributed by atoms with Crippen LogP contribution in [0.4, 0.5) is 8.78 Å². The van der Waals surface area contributed by atoms with Gasteiger partial charge in [-0.3, -0.25) is 9.59 Å². The number of hydrogen-bond donors (Lipinski definition) is 2. The molecule has 4 aliphatic carbocycles. The van der Waals surface area contributed by atoms with Crippen molar-refractivity contribution in [1.82, 2.24) is 0 Å². The molecule has 6 nitrogen and oxygen atoms in total. The third-order valence-corrected chi connectivity index (χ3v) is 9.55. The lowest BCUT2D eigenvalue weighted by Crippen LogP contribution is -2.71. The van der Waals surface area contributed by atoms with Crippen LogP contribution in [0.25, 0.3) is 0 Å². The number of halogens is 2. The molecule has 0 aromatic heterocycles. The molecule has 0 amide bonds. The average Bonchev–Trinajstić information content (AvgIpc) is 3.24. The summed E-state index contributed by atoms with van der Waals surface area (Å²) in [5, 5.41) is 11.4. The Labute approximate surface area is 192 Å². The third kappa shape index (κ3) is 2.61. The van der Waals surface area contributed by atoms with E-state index < -0.39 is 58.6 Å². The lowest BCUT2D eigenvalue weighted by Gasteiger charge is -2.63. The first-order chi connectivity index (χ1) is 15.5. The largest absolute Gasteiger partial charge is 0.390 e. The van der Waals surface area contributed by atoms with E-state index in [2.05, 4.69) is 0 Å². The summed E-state index contributed by atoms with van der Waals surface area (Å²) < 4.78 is 45.2. The minimum absolute atomic E-state index is 0.0449. The second-order valence-electron chi connectivity index (χ2n) is 10.9. The molecule has 182 valence electrons. The molecule has 0 aromatic rings. The van der Waals surface area contributed by atoms with Gasteiger partial charge in [-0.05, 0) is 56.3 Å². The van der Waals surface area contributed by atoms with Gasteiger partial charge in [0.2, 0.25) is 0 Å². The highest BCUT2D eigenvalue weighted by molar-refractivity contribution is 6.01. The Hall–Kier alpha value is -1.48. The maximum Gasteiger partial charge on any atom is 0.181 e. The highest BCUT2D eigenvalue weighted by Gasteiger charge is 2.79. The van der Waals surface area contributed by atoms with E-state index >= 15 is 8.78 Å². The van der Waals surface area contributed by atoms with Crippen molar-refractivity contribution >= 4 is 11.6 Å². The molecule has 4 fully saturated rings. The van der Waals surface area contributed by atoms with Crippen LogP contribution in [0.2, 0.25) is 0 Å². The van der Waals surface area contributed by atoms with Gasteiger partial charge < -0.3 is 20.3 Å². The highest BCUT2D eigenvalue weighted by atomic mass is 19.1. The third-order valence-electron chi connectivity index (χ3n) is 9.55. The van der Waals surface area contributed by atoms with E-state index in [-0.39, 0.29) is 36.5 Å². The van der Waals surface area contributed by atoms with Crippen LogP contribution in [0, 0.1) is 22.7 Å². The summed E-state index contributed by atoms with van der Waals surface area (Å²) in [7, 11) is 0. The fraction of sp³-hybridized carbons (Fsp3) is 0.760. The van der Waals surface area contributed by atoms with Gasteiger partial charge in [0.1, 0.15) is 6.17 Å². The molecular formula is C25H33F2NO5. The van der Waals surface area contributed by atoms with Gasteiger partial charge in [0.05, 0.1) is 18.8 Å². The summed E-state index contributed by atoms with van der Waals surface area (Å²) in [4.78, 5) is 25.3. The number of rotatable bonds is 4. The molecule has 1 heterocycles. The number of Topliss-reactive ketones (excluding diaryl/α,β-unsaturated/α-hetero) is 1. The number of aliphatic hydroxyl groups is 1. The SMILES string of the molecule is CCCC1O[C@@H]2C[C@H]3[C@@H]4C[C@H](F)C5=CC(=O)C=C[C@]5(C)[C@@]4(F)[C@@H](O)C[C@]3(C)[C@]2(C(=O)CN)O1. The van der Waals surface area contributed by atoms with Gasteiger partial charge >= 0.3 is 0 Å². The average molecular weight is 466 g/mol. The van der Waals surface area contributed by atoms with Crippen LogP contribution < -0.4 is 5.73 Å². The molecule has 0 radical (unpaired) electrons. The van der Waals surface area contributed by atoms with E-state index in [0.29, 0.717) is 12.8 Å². The highest BCUT2D eigenvalue weighted by Crippen LogP contribution is 2.72. The number of carbonyl (C=O) groups is 2. The van der Waals surface area contributed by atoms with Gasteiger partial charge in [0.25, 0.3) is 0 Å². The first kappa shape index (κ1) is 23.3. The number of hydrogen-bond acceptors (Lipinski definition) is 6. The monoisotopic (exact) mass is 465 g/mol. The molecule has 0 bridgehead atoms. The lowest BCUT2D eigenvalue weighted by atomic mass is 9.44. The van der Waals surface area contributed by atoms with Crippen molar-refractivity contribution in [2.45, 2.75) is 88.8 Å². The van der Waals surface area contributed by atoms with Gasteiger partial charge in [0, 0.05) is 16.7 Å². The molecule has 10 atom stereocenters. The van der Waals surface area contributed by atoms with Crippen LogP contribution in [0.5, 0.6) is 0 Å². The van der Waals surface area contributed by atoms with Crippen LogP contribution in [-0.4, -0.2) is 59.2 Å². The molecule has 3 saturated carbocycles. The molecule has 1 saturated heterocycles. The van der Waals surface area contributed by atoms with Crippen LogP contribution in [0.1, 0.15) is 52.9 Å². The number of allylic oxidation sites excluding steroid dienone is 4. The Balaban J connectivity index is 1.62. The molecule has 0 spiro atoms. The van der Waals surface area contributed by atoms with Gasteiger partial charge in [0.15, 0.2) is 29.1 Å². The van der Waals surface area contributed by atoms with Crippen molar-refractivity contribution in [3.63, 3.8) is 0 Å². The maximum absolute atomic E-state index is 17.2. The van der Waals surface area contributed by atoms with Crippen LogP contribution in [0.3, 0.4) is 0 Å². The van der Waals surface area contributed by atoms with E-state index in [1.165, 1.54) is 18.2 Å². The zero-order valence-electron chi connectivity index (χ0n) is 19.4. The second kappa shape index (κ2) is 7.26. The number of carbonyl (C=O) groups excluding carboxylic acids is 2. The minimum Gasteiger partial charge on any atom is -0.390 e. The van der Waals surface area contributed by atoms with Crippen molar-refractivity contribution in [2.24, 2.45) is 28.4 Å². The normalized spacial score (nSPS) is 52.6. The van der Waals surface area contributed by atoms with Crippen molar-refractivity contribution in [2.75, 3.05) is 6.54 Å². The minimum atomic E-state index is -2.20. The Morgan fingerprint density at radius 3 is 2.70 bits per heavy atom. The molecule has 5 rings (SSSR count). The predicted molar refractivity (Wildman–Crippen MR) is 115 cm³/mol. The fourth-order valence-electron chi connectivity index (χ4n) is 8.04. The molecule has 3 N–H and O–H groups in total. The Kier molecular flexibility index (Phi) is 5.12. The quantitative estimate of drug-likeness (QED) is 0.663. The number of aliphatic hydroxyl groups excluding tert-OH is 1. The summed E-state index contributed by atoms with van der Waals surface area (Å²) in [6, 6.07) is 0. The first-order valence-electron chi connectivity index (χ1n) is 12.0. The van der Waals surface area contributed by atoms with Crippen molar-refractivity contribution in [1.29, 1.82) is 0 Å². The van der Waals surface area contributed by atoms with Crippen LogP contribution in [-0.2, 0) is 19.1 Å². The predicted octanol–water partition coefficient (Wildman–Crippen LogP) is 2.72. The first-order valence-corrected chi connectivity index (χ1v) is 12.0. The van der Waals surface area contributed by atoms with Crippen LogP contribution in [0.15, 0.2) is 23.8 Å². The Morgan fingerprint density at radius 1 is 1.30 bits per heavy atom. The Morgan fingerprint density at radius 2 is 2.03 bits per heavy atom. The molecule has 1 unspecified atom stereocenters. The summed E-state index contributed by atoms with van der Waals surface area (Å²) in [5.41, 5.74) is -0.130. The van der Waals surface area contributed by atoms with Crippen molar-refractivity contribution < 1.29 is 33.0 Å². The van der Waals surface area contributed by atoms with Gasteiger partial charge in [-0.15, -0.1) is 0 Å².